The zero-order valence-electron chi connectivity index (χ0n) is 16.7. The summed E-state index contributed by atoms with van der Waals surface area (Å²) in [6.45, 7) is 11.4. The lowest BCUT2D eigenvalue weighted by Crippen LogP contribution is -3.03. The molecular formula is C20H26N6O2. The zero-order chi connectivity index (χ0) is 20.3. The van der Waals surface area contributed by atoms with E-state index in [1.54, 1.807) is 6.08 Å². The first-order chi connectivity index (χ1) is 13.5. The van der Waals surface area contributed by atoms with Crippen LogP contribution in [0.5, 0.6) is 0 Å². The predicted molar refractivity (Wildman–Crippen MR) is 108 cm³/mol. The van der Waals surface area contributed by atoms with Crippen molar-refractivity contribution in [1.29, 1.82) is 0 Å². The Morgan fingerprint density at radius 1 is 1.25 bits per heavy atom. The number of amides is 1. The Kier molecular flexibility index (Phi) is 6.13. The van der Waals surface area contributed by atoms with E-state index in [2.05, 4.69) is 38.8 Å². The molecule has 0 fully saturated rings. The molecule has 8 nitrogen and oxygen atoms in total. The SMILES string of the molecule is CCN(CC)CCc1c(C)[nH]c(C=C2C(=O)[NH+]([O-])N=C2c2cnccn2)c1C. The van der Waals surface area contributed by atoms with Gasteiger partial charge < -0.3 is 15.1 Å². The molecule has 8 heteroatoms. The number of hydroxylamine groups is 1. The van der Waals surface area contributed by atoms with Crippen molar-refractivity contribution in [2.45, 2.75) is 34.1 Å². The molecule has 0 aromatic carbocycles. The molecule has 0 saturated heterocycles. The maximum absolute atomic E-state index is 12.4. The van der Waals surface area contributed by atoms with Gasteiger partial charge >= 0.3 is 5.91 Å². The standard InChI is InChI=1S/C20H26N6O2/c1-5-25(6-2)10-7-15-13(3)17(23-14(15)4)11-16-19(24-26(28)20(16)27)18-12-21-8-9-22-18/h8-9,11-12,23,26H,5-7,10H2,1-4H3. The van der Waals surface area contributed by atoms with E-state index in [4.69, 9.17) is 0 Å². The van der Waals surface area contributed by atoms with Crippen molar-refractivity contribution in [3.63, 3.8) is 0 Å². The molecule has 148 valence electrons. The van der Waals surface area contributed by atoms with Crippen molar-refractivity contribution in [3.8, 4) is 0 Å². The number of hydrogen-bond acceptors (Lipinski definition) is 6. The summed E-state index contributed by atoms with van der Waals surface area (Å²) in [6, 6.07) is 0. The summed E-state index contributed by atoms with van der Waals surface area (Å²) < 4.78 is 0. The van der Waals surface area contributed by atoms with Crippen molar-refractivity contribution in [1.82, 2.24) is 19.9 Å². The molecule has 2 aromatic heterocycles. The third-order valence-corrected chi connectivity index (χ3v) is 5.21. The van der Waals surface area contributed by atoms with Gasteiger partial charge in [-0.1, -0.05) is 18.9 Å². The number of carbonyl (C=O) groups is 1. The third kappa shape index (κ3) is 3.94. The summed E-state index contributed by atoms with van der Waals surface area (Å²) in [5.74, 6) is -0.614. The number of hydrogen-bond donors (Lipinski definition) is 2. The van der Waals surface area contributed by atoms with E-state index in [9.17, 15) is 10.0 Å². The molecule has 1 atom stereocenters. The molecular weight excluding hydrogens is 356 g/mol. The van der Waals surface area contributed by atoms with E-state index in [0.29, 0.717) is 5.69 Å². The van der Waals surface area contributed by atoms with E-state index >= 15 is 0 Å². The Labute approximate surface area is 164 Å². The minimum absolute atomic E-state index is 0.255. The van der Waals surface area contributed by atoms with Crippen LogP contribution in [-0.4, -0.2) is 51.1 Å². The summed E-state index contributed by atoms with van der Waals surface area (Å²) in [5.41, 5.74) is 5.17. The second-order valence-corrected chi connectivity index (χ2v) is 6.79. The number of aromatic nitrogens is 3. The Hall–Kier alpha value is -2.68. The van der Waals surface area contributed by atoms with E-state index in [-0.39, 0.29) is 11.3 Å². The summed E-state index contributed by atoms with van der Waals surface area (Å²) in [7, 11) is 0. The highest BCUT2D eigenvalue weighted by Crippen LogP contribution is 2.22. The quantitative estimate of drug-likeness (QED) is 0.550. The minimum atomic E-state index is -0.769. The Morgan fingerprint density at radius 3 is 2.64 bits per heavy atom. The highest BCUT2D eigenvalue weighted by molar-refractivity contribution is 6.29. The van der Waals surface area contributed by atoms with E-state index in [1.807, 2.05) is 13.8 Å². The van der Waals surface area contributed by atoms with Gasteiger partial charge in [-0.3, -0.25) is 9.97 Å². The van der Waals surface area contributed by atoms with Crippen LogP contribution in [0.15, 0.2) is 29.3 Å². The molecule has 0 bridgehead atoms. The van der Waals surface area contributed by atoms with Crippen LogP contribution >= 0.6 is 0 Å². The number of likely N-dealkylation sites (N-methyl/N-ethyl adjacent to an activating group) is 1. The fourth-order valence-corrected chi connectivity index (χ4v) is 3.47. The smallest absolute Gasteiger partial charge is 0.373 e. The number of aromatic amines is 1. The molecule has 3 rings (SSSR count). The van der Waals surface area contributed by atoms with E-state index in [0.717, 1.165) is 43.0 Å². The molecule has 0 spiro atoms. The number of carbonyl (C=O) groups excluding carboxylic acids is 1. The summed E-state index contributed by atoms with van der Waals surface area (Å²) >= 11 is 0. The predicted octanol–water partition coefficient (Wildman–Crippen LogP) is 1.02. The molecule has 2 N–H and O–H groups in total. The van der Waals surface area contributed by atoms with Gasteiger partial charge in [0.15, 0.2) is 5.71 Å². The number of nitrogens with one attached hydrogen (secondary N) is 2. The second-order valence-electron chi connectivity index (χ2n) is 6.79. The van der Waals surface area contributed by atoms with Gasteiger partial charge in [-0.05, 0) is 50.6 Å². The minimum Gasteiger partial charge on any atom is -0.598 e. The average Bonchev–Trinajstić information content (AvgIpc) is 3.14. The van der Waals surface area contributed by atoms with Gasteiger partial charge in [0.2, 0.25) is 0 Å². The molecule has 1 aliphatic rings. The van der Waals surface area contributed by atoms with Crippen LogP contribution in [0.3, 0.4) is 0 Å². The summed E-state index contributed by atoms with van der Waals surface area (Å²) in [5, 5.41) is 15.0. The van der Waals surface area contributed by atoms with Gasteiger partial charge in [0.05, 0.1) is 6.20 Å². The van der Waals surface area contributed by atoms with Gasteiger partial charge in [0.1, 0.15) is 11.3 Å². The normalized spacial score (nSPS) is 18.4. The number of rotatable bonds is 7. The van der Waals surface area contributed by atoms with Crippen LogP contribution in [0.1, 0.15) is 42.1 Å². The van der Waals surface area contributed by atoms with Crippen LogP contribution in [-0.2, 0) is 11.2 Å². The van der Waals surface area contributed by atoms with Gasteiger partial charge in [-0.2, -0.15) is 5.17 Å². The van der Waals surface area contributed by atoms with Gasteiger partial charge in [0.25, 0.3) is 0 Å². The monoisotopic (exact) mass is 382 g/mol. The highest BCUT2D eigenvalue weighted by atomic mass is 16.5. The van der Waals surface area contributed by atoms with E-state index < -0.39 is 11.1 Å². The number of H-pyrrole nitrogens is 1. The fourth-order valence-electron chi connectivity index (χ4n) is 3.47. The molecule has 0 saturated carbocycles. The topological polar surface area (TPSA) is 102 Å². The average molecular weight is 382 g/mol. The molecule has 0 radical (unpaired) electrons. The van der Waals surface area contributed by atoms with Crippen molar-refractivity contribution in [3.05, 3.63) is 57.6 Å². The molecule has 2 aromatic rings. The third-order valence-electron chi connectivity index (χ3n) is 5.21. The lowest BCUT2D eigenvalue weighted by atomic mass is 10.0. The first-order valence-corrected chi connectivity index (χ1v) is 9.52. The molecule has 1 aliphatic heterocycles. The largest absolute Gasteiger partial charge is 0.598 e. The molecule has 1 unspecified atom stereocenters. The van der Waals surface area contributed by atoms with E-state index in [1.165, 1.54) is 24.2 Å². The lowest BCUT2D eigenvalue weighted by molar-refractivity contribution is -0.765. The Bertz CT molecular complexity index is 912. The van der Waals surface area contributed by atoms with Crippen LogP contribution in [0.2, 0.25) is 0 Å². The van der Waals surface area contributed by atoms with Crippen molar-refractivity contribution in [2.24, 2.45) is 5.10 Å². The maximum Gasteiger partial charge on any atom is 0.373 e. The molecule has 28 heavy (non-hydrogen) atoms. The van der Waals surface area contributed by atoms with Crippen LogP contribution in [0, 0.1) is 19.1 Å². The Balaban J connectivity index is 1.93. The van der Waals surface area contributed by atoms with Crippen molar-refractivity contribution >= 4 is 17.7 Å². The molecule has 1 amide bonds. The second kappa shape index (κ2) is 8.55. The van der Waals surface area contributed by atoms with Crippen molar-refractivity contribution in [2.75, 3.05) is 19.6 Å². The van der Waals surface area contributed by atoms with Crippen LogP contribution in [0.4, 0.5) is 0 Å². The number of nitrogens with zero attached hydrogens (tertiary/aromatic N) is 4. The first-order valence-electron chi connectivity index (χ1n) is 9.52. The Morgan fingerprint density at radius 2 is 2.00 bits per heavy atom. The summed E-state index contributed by atoms with van der Waals surface area (Å²) in [4.78, 5) is 26.3. The first kappa shape index (κ1) is 20.1. The summed E-state index contributed by atoms with van der Waals surface area (Å²) in [6.07, 6.45) is 7.19. The lowest BCUT2D eigenvalue weighted by Gasteiger charge is -2.17. The maximum atomic E-state index is 12.4. The molecule has 0 aliphatic carbocycles. The zero-order valence-corrected chi connectivity index (χ0v) is 16.7. The van der Waals surface area contributed by atoms with Gasteiger partial charge in [0, 0.05) is 30.3 Å². The molecule has 3 heterocycles. The van der Waals surface area contributed by atoms with Crippen LogP contribution < -0.4 is 5.17 Å². The van der Waals surface area contributed by atoms with Gasteiger partial charge in [-0.25, -0.2) is 4.79 Å². The fraction of sp³-hybridized carbons (Fsp3) is 0.400. The van der Waals surface area contributed by atoms with Gasteiger partial charge in [-0.15, -0.1) is 0 Å². The number of quaternary nitrogens is 1. The highest BCUT2D eigenvalue weighted by Gasteiger charge is 2.33. The number of aryl methyl sites for hydroxylation is 1. The van der Waals surface area contributed by atoms with Crippen molar-refractivity contribution < 1.29 is 9.97 Å². The van der Waals surface area contributed by atoms with Crippen LogP contribution in [0.25, 0.3) is 6.08 Å².